The number of aromatic amines is 1. The van der Waals surface area contributed by atoms with Gasteiger partial charge in [-0.15, -0.1) is 0 Å². The Hall–Kier alpha value is -2.58. The largest absolute Gasteiger partial charge is 0.437 e. The number of ether oxygens (including phenoxy) is 1. The van der Waals surface area contributed by atoms with Crippen LogP contribution in [0.5, 0.6) is 11.6 Å². The SMILES string of the molecule is CSNC1CCc2ccc(Oc3cnc4[nH]cc(C(=O)NC(C)C)c4n3)cc21. The molecule has 0 saturated carbocycles. The number of benzene rings is 1. The van der Waals surface area contributed by atoms with Crippen molar-refractivity contribution in [2.24, 2.45) is 0 Å². The molecule has 3 aromatic rings. The van der Waals surface area contributed by atoms with Crippen LogP contribution < -0.4 is 14.8 Å². The summed E-state index contributed by atoms with van der Waals surface area (Å²) in [7, 11) is 0. The Morgan fingerprint density at radius 1 is 1.39 bits per heavy atom. The van der Waals surface area contributed by atoms with E-state index in [9.17, 15) is 4.79 Å². The Kier molecular flexibility index (Phi) is 5.23. The van der Waals surface area contributed by atoms with Crippen molar-refractivity contribution < 1.29 is 9.53 Å². The number of aromatic nitrogens is 3. The average molecular weight is 398 g/mol. The van der Waals surface area contributed by atoms with Gasteiger partial charge in [-0.2, -0.15) is 0 Å². The summed E-state index contributed by atoms with van der Waals surface area (Å²) in [6.07, 6.45) is 7.38. The first kappa shape index (κ1) is 18.8. The van der Waals surface area contributed by atoms with E-state index in [1.165, 1.54) is 11.1 Å². The second-order valence-corrected chi connectivity index (χ2v) is 7.76. The van der Waals surface area contributed by atoms with Gasteiger partial charge in [0, 0.05) is 18.3 Å². The van der Waals surface area contributed by atoms with Crippen molar-refractivity contribution in [3.05, 3.63) is 47.3 Å². The summed E-state index contributed by atoms with van der Waals surface area (Å²) >= 11 is 1.63. The van der Waals surface area contributed by atoms with E-state index in [4.69, 9.17) is 4.74 Å². The lowest BCUT2D eigenvalue weighted by Crippen LogP contribution is -2.29. The number of hydrogen-bond acceptors (Lipinski definition) is 6. The molecule has 0 saturated heterocycles. The lowest BCUT2D eigenvalue weighted by Gasteiger charge is -2.13. The van der Waals surface area contributed by atoms with Gasteiger partial charge >= 0.3 is 0 Å². The van der Waals surface area contributed by atoms with Crippen LogP contribution in [-0.2, 0) is 6.42 Å². The van der Waals surface area contributed by atoms with E-state index in [1.54, 1.807) is 24.3 Å². The number of amides is 1. The molecule has 1 unspecified atom stereocenters. The van der Waals surface area contributed by atoms with Gasteiger partial charge in [0.2, 0.25) is 5.88 Å². The van der Waals surface area contributed by atoms with Gasteiger partial charge in [-0.1, -0.05) is 18.0 Å². The Balaban J connectivity index is 1.60. The van der Waals surface area contributed by atoms with Crippen molar-refractivity contribution in [1.82, 2.24) is 25.0 Å². The molecule has 1 aromatic carbocycles. The molecule has 8 heteroatoms. The van der Waals surface area contributed by atoms with E-state index >= 15 is 0 Å². The topological polar surface area (TPSA) is 91.9 Å². The van der Waals surface area contributed by atoms with E-state index in [-0.39, 0.29) is 11.9 Å². The summed E-state index contributed by atoms with van der Waals surface area (Å²) in [4.78, 5) is 24.2. The van der Waals surface area contributed by atoms with Crippen molar-refractivity contribution in [2.75, 3.05) is 6.26 Å². The minimum atomic E-state index is -0.184. The summed E-state index contributed by atoms with van der Waals surface area (Å²) in [6.45, 7) is 3.83. The molecule has 0 aliphatic heterocycles. The highest BCUT2D eigenvalue weighted by Gasteiger charge is 2.23. The van der Waals surface area contributed by atoms with Gasteiger partial charge in [0.25, 0.3) is 5.91 Å². The third-order valence-corrected chi connectivity index (χ3v) is 5.22. The summed E-state index contributed by atoms with van der Waals surface area (Å²) in [5.41, 5.74) is 4.12. The molecule has 1 atom stereocenters. The first-order valence-electron chi connectivity index (χ1n) is 9.29. The average Bonchev–Trinajstić information content (AvgIpc) is 3.25. The van der Waals surface area contributed by atoms with Crippen LogP contribution in [0.25, 0.3) is 11.2 Å². The molecule has 146 valence electrons. The molecular formula is C20H23N5O2S. The fourth-order valence-corrected chi connectivity index (χ4v) is 4.00. The van der Waals surface area contributed by atoms with Crippen molar-refractivity contribution in [2.45, 2.75) is 38.8 Å². The molecule has 0 spiro atoms. The number of hydrogen-bond donors (Lipinski definition) is 3. The second kappa shape index (κ2) is 7.81. The van der Waals surface area contributed by atoms with Crippen LogP contribution >= 0.6 is 11.9 Å². The van der Waals surface area contributed by atoms with Crippen molar-refractivity contribution in [3.63, 3.8) is 0 Å². The van der Waals surface area contributed by atoms with Crippen LogP contribution in [0.4, 0.5) is 0 Å². The molecular weight excluding hydrogens is 374 g/mol. The smallest absolute Gasteiger partial charge is 0.255 e. The van der Waals surface area contributed by atoms with E-state index in [1.807, 2.05) is 26.2 Å². The molecule has 3 N–H and O–H groups in total. The van der Waals surface area contributed by atoms with Gasteiger partial charge < -0.3 is 15.0 Å². The van der Waals surface area contributed by atoms with E-state index in [0.717, 1.165) is 12.8 Å². The maximum atomic E-state index is 12.4. The fraction of sp³-hybridized carbons (Fsp3) is 0.350. The van der Waals surface area contributed by atoms with Crippen molar-refractivity contribution in [1.29, 1.82) is 0 Å². The third-order valence-electron chi connectivity index (χ3n) is 4.70. The molecule has 2 aromatic heterocycles. The lowest BCUT2D eigenvalue weighted by molar-refractivity contribution is 0.0944. The monoisotopic (exact) mass is 397 g/mol. The van der Waals surface area contributed by atoms with Crippen LogP contribution in [0.1, 0.15) is 47.8 Å². The molecule has 0 radical (unpaired) electrons. The van der Waals surface area contributed by atoms with E-state index < -0.39 is 0 Å². The Bertz CT molecular complexity index is 1010. The molecule has 28 heavy (non-hydrogen) atoms. The highest BCUT2D eigenvalue weighted by molar-refractivity contribution is 7.96. The quantitative estimate of drug-likeness (QED) is 0.549. The molecule has 7 nitrogen and oxygen atoms in total. The van der Waals surface area contributed by atoms with Gasteiger partial charge in [-0.05, 0) is 56.2 Å². The first-order valence-corrected chi connectivity index (χ1v) is 10.5. The van der Waals surface area contributed by atoms with Crippen LogP contribution in [0, 0.1) is 0 Å². The van der Waals surface area contributed by atoms with Crippen LogP contribution in [0.3, 0.4) is 0 Å². The standard InChI is InChI=1S/C20H23N5O2S/c1-11(2)23-20(26)15-9-21-19-18(15)24-17(10-22-19)27-13-6-4-12-5-7-16(25-28-3)14(12)8-13/h4,6,8-11,16,25H,5,7H2,1-3H3,(H,21,22)(H,23,26). The predicted octanol–water partition coefficient (Wildman–Crippen LogP) is 3.74. The lowest BCUT2D eigenvalue weighted by atomic mass is 10.1. The molecule has 0 fully saturated rings. The fourth-order valence-electron chi connectivity index (χ4n) is 3.47. The van der Waals surface area contributed by atoms with Crippen LogP contribution in [-0.4, -0.2) is 33.2 Å². The zero-order valence-electron chi connectivity index (χ0n) is 16.1. The van der Waals surface area contributed by atoms with Crippen LogP contribution in [0.15, 0.2) is 30.6 Å². The summed E-state index contributed by atoms with van der Waals surface area (Å²) < 4.78 is 9.40. The maximum Gasteiger partial charge on any atom is 0.255 e. The number of fused-ring (bicyclic) bond motifs is 2. The second-order valence-electron chi connectivity index (χ2n) is 7.11. The van der Waals surface area contributed by atoms with Crippen molar-refractivity contribution in [3.8, 4) is 11.6 Å². The minimum absolute atomic E-state index is 0.0408. The first-order chi connectivity index (χ1) is 13.5. The number of aryl methyl sites for hydroxylation is 1. The third kappa shape index (κ3) is 3.70. The Morgan fingerprint density at radius 3 is 3.04 bits per heavy atom. The van der Waals surface area contributed by atoms with Crippen molar-refractivity contribution >= 4 is 29.0 Å². The number of carbonyl (C=O) groups excluding carboxylic acids is 1. The Labute approximate surface area is 167 Å². The molecule has 1 aliphatic rings. The number of H-pyrrole nitrogens is 1. The number of nitrogens with zero attached hydrogens (tertiary/aromatic N) is 2. The molecule has 1 aliphatic carbocycles. The highest BCUT2D eigenvalue weighted by atomic mass is 32.2. The van der Waals surface area contributed by atoms with E-state index in [2.05, 4.69) is 37.1 Å². The zero-order valence-corrected chi connectivity index (χ0v) is 16.9. The molecule has 0 bridgehead atoms. The van der Waals surface area contributed by atoms with Gasteiger partial charge in [0.1, 0.15) is 11.3 Å². The summed E-state index contributed by atoms with van der Waals surface area (Å²) in [6, 6.07) is 6.50. The van der Waals surface area contributed by atoms with Gasteiger partial charge in [0.15, 0.2) is 5.65 Å². The Morgan fingerprint density at radius 2 is 2.25 bits per heavy atom. The number of carbonyl (C=O) groups is 1. The predicted molar refractivity (Wildman–Crippen MR) is 111 cm³/mol. The highest BCUT2D eigenvalue weighted by Crippen LogP contribution is 2.35. The van der Waals surface area contributed by atoms with Crippen LogP contribution in [0.2, 0.25) is 0 Å². The number of nitrogens with one attached hydrogen (secondary N) is 3. The van der Waals surface area contributed by atoms with E-state index in [0.29, 0.717) is 34.4 Å². The van der Waals surface area contributed by atoms with Gasteiger partial charge in [-0.25, -0.2) is 9.97 Å². The molecule has 2 heterocycles. The van der Waals surface area contributed by atoms with Gasteiger partial charge in [0.05, 0.1) is 11.8 Å². The zero-order chi connectivity index (χ0) is 19.7. The molecule has 4 rings (SSSR count). The molecule has 1 amide bonds. The summed E-state index contributed by atoms with van der Waals surface area (Å²) in [5, 5.41) is 2.88. The minimum Gasteiger partial charge on any atom is -0.437 e. The normalized spacial score (nSPS) is 15.8. The van der Waals surface area contributed by atoms with Gasteiger partial charge in [-0.3, -0.25) is 9.52 Å². The number of rotatable bonds is 6. The maximum absolute atomic E-state index is 12.4. The summed E-state index contributed by atoms with van der Waals surface area (Å²) in [5.74, 6) is 0.889.